The summed E-state index contributed by atoms with van der Waals surface area (Å²) in [6.07, 6.45) is 4.65. The van der Waals surface area contributed by atoms with Gasteiger partial charge in [0.15, 0.2) is 0 Å². The maximum absolute atomic E-state index is 9.53. The predicted molar refractivity (Wildman–Crippen MR) is 56.1 cm³/mol. The van der Waals surface area contributed by atoms with Crippen molar-refractivity contribution in [3.05, 3.63) is 29.3 Å². The van der Waals surface area contributed by atoms with Crippen LogP contribution in [0.15, 0.2) is 18.2 Å². The average molecular weight is 178 g/mol. The van der Waals surface area contributed by atoms with Crippen molar-refractivity contribution < 1.29 is 5.11 Å². The van der Waals surface area contributed by atoms with Crippen molar-refractivity contribution in [2.75, 3.05) is 0 Å². The normalized spacial score (nSPS) is 10.3. The molecule has 0 saturated heterocycles. The zero-order valence-corrected chi connectivity index (χ0v) is 8.51. The second-order valence-corrected chi connectivity index (χ2v) is 3.59. The summed E-state index contributed by atoms with van der Waals surface area (Å²) in [5.74, 6) is 0.446. The summed E-state index contributed by atoms with van der Waals surface area (Å²) in [6.45, 7) is 4.25. The van der Waals surface area contributed by atoms with E-state index in [9.17, 15) is 5.11 Å². The van der Waals surface area contributed by atoms with Gasteiger partial charge in [0.05, 0.1) is 0 Å². The molecule has 0 heterocycles. The molecule has 1 N–H and O–H groups in total. The van der Waals surface area contributed by atoms with E-state index in [-0.39, 0.29) is 0 Å². The zero-order chi connectivity index (χ0) is 9.68. The minimum Gasteiger partial charge on any atom is -0.508 e. The summed E-state index contributed by atoms with van der Waals surface area (Å²) in [5, 5.41) is 9.53. The molecular formula is C12H18O. The summed E-state index contributed by atoms with van der Waals surface area (Å²) in [5.41, 5.74) is 2.32. The van der Waals surface area contributed by atoms with Crippen LogP contribution in [-0.4, -0.2) is 5.11 Å². The van der Waals surface area contributed by atoms with Crippen LogP contribution in [0.3, 0.4) is 0 Å². The topological polar surface area (TPSA) is 20.2 Å². The molecular weight excluding hydrogens is 160 g/mol. The van der Waals surface area contributed by atoms with Gasteiger partial charge in [0.1, 0.15) is 5.75 Å². The number of benzene rings is 1. The fourth-order valence-corrected chi connectivity index (χ4v) is 1.48. The van der Waals surface area contributed by atoms with E-state index in [1.54, 1.807) is 6.07 Å². The Balaban J connectivity index is 2.59. The first kappa shape index (κ1) is 10.1. The molecule has 0 amide bonds. The molecule has 1 aromatic carbocycles. The van der Waals surface area contributed by atoms with Crippen LogP contribution in [0.25, 0.3) is 0 Å². The summed E-state index contributed by atoms with van der Waals surface area (Å²) < 4.78 is 0. The molecule has 1 aromatic rings. The maximum atomic E-state index is 9.53. The molecule has 0 bridgehead atoms. The molecule has 1 heteroatoms. The van der Waals surface area contributed by atoms with Crippen molar-refractivity contribution in [2.45, 2.75) is 39.5 Å². The Morgan fingerprint density at radius 2 is 2.00 bits per heavy atom. The summed E-state index contributed by atoms with van der Waals surface area (Å²) in [6, 6.07) is 5.81. The van der Waals surface area contributed by atoms with Gasteiger partial charge in [-0.15, -0.1) is 0 Å². The molecule has 0 saturated carbocycles. The van der Waals surface area contributed by atoms with Gasteiger partial charge in [-0.05, 0) is 31.4 Å². The predicted octanol–water partition coefficient (Wildman–Crippen LogP) is 3.43. The molecule has 1 rings (SSSR count). The molecule has 0 radical (unpaired) electrons. The van der Waals surface area contributed by atoms with Crippen LogP contribution in [0.4, 0.5) is 0 Å². The quantitative estimate of drug-likeness (QED) is 0.700. The van der Waals surface area contributed by atoms with E-state index in [0.29, 0.717) is 5.75 Å². The molecule has 0 unspecified atom stereocenters. The van der Waals surface area contributed by atoms with Crippen LogP contribution in [0, 0.1) is 6.92 Å². The fraction of sp³-hybridized carbons (Fsp3) is 0.500. The third kappa shape index (κ3) is 3.10. The number of aryl methyl sites for hydroxylation is 2. The van der Waals surface area contributed by atoms with E-state index in [1.165, 1.54) is 24.8 Å². The second kappa shape index (κ2) is 4.90. The van der Waals surface area contributed by atoms with Gasteiger partial charge in [-0.2, -0.15) is 0 Å². The van der Waals surface area contributed by atoms with Crippen LogP contribution in [0.1, 0.15) is 37.3 Å². The van der Waals surface area contributed by atoms with Crippen molar-refractivity contribution in [1.82, 2.24) is 0 Å². The van der Waals surface area contributed by atoms with E-state index in [4.69, 9.17) is 0 Å². The van der Waals surface area contributed by atoms with Crippen LogP contribution in [0.2, 0.25) is 0 Å². The van der Waals surface area contributed by atoms with E-state index in [1.807, 2.05) is 6.07 Å². The molecule has 13 heavy (non-hydrogen) atoms. The van der Waals surface area contributed by atoms with E-state index < -0.39 is 0 Å². The smallest absolute Gasteiger partial charge is 0.118 e. The standard InChI is InChI=1S/C12H18O/c1-3-4-5-6-11-9-10(2)7-8-12(11)13/h7-9,13H,3-6H2,1-2H3. The minimum absolute atomic E-state index is 0.446. The Hall–Kier alpha value is -0.980. The lowest BCUT2D eigenvalue weighted by Gasteiger charge is -2.04. The number of phenols is 1. The van der Waals surface area contributed by atoms with Gasteiger partial charge in [0.25, 0.3) is 0 Å². The lowest BCUT2D eigenvalue weighted by Crippen LogP contribution is -1.87. The highest BCUT2D eigenvalue weighted by molar-refractivity contribution is 5.35. The lowest BCUT2D eigenvalue weighted by molar-refractivity contribution is 0.466. The Morgan fingerprint density at radius 3 is 2.69 bits per heavy atom. The Labute approximate surface area is 80.4 Å². The van der Waals surface area contributed by atoms with Gasteiger partial charge < -0.3 is 5.11 Å². The Bertz CT molecular complexity index is 266. The van der Waals surface area contributed by atoms with E-state index >= 15 is 0 Å². The third-order valence-electron chi connectivity index (χ3n) is 2.28. The highest BCUT2D eigenvalue weighted by Crippen LogP contribution is 2.20. The molecule has 0 atom stereocenters. The molecule has 0 aliphatic heterocycles. The molecule has 72 valence electrons. The van der Waals surface area contributed by atoms with Gasteiger partial charge in [-0.3, -0.25) is 0 Å². The van der Waals surface area contributed by atoms with Gasteiger partial charge in [0, 0.05) is 0 Å². The molecule has 0 aromatic heterocycles. The minimum atomic E-state index is 0.446. The van der Waals surface area contributed by atoms with Gasteiger partial charge >= 0.3 is 0 Å². The van der Waals surface area contributed by atoms with Gasteiger partial charge in [-0.25, -0.2) is 0 Å². The lowest BCUT2D eigenvalue weighted by atomic mass is 10.0. The number of phenolic OH excluding ortho intramolecular Hbond substituents is 1. The highest BCUT2D eigenvalue weighted by Gasteiger charge is 2.00. The van der Waals surface area contributed by atoms with Crippen LogP contribution in [0.5, 0.6) is 5.75 Å². The maximum Gasteiger partial charge on any atom is 0.118 e. The van der Waals surface area contributed by atoms with Gasteiger partial charge in [0.2, 0.25) is 0 Å². The number of aromatic hydroxyl groups is 1. The molecule has 0 aliphatic carbocycles. The van der Waals surface area contributed by atoms with Gasteiger partial charge in [-0.1, -0.05) is 37.5 Å². The zero-order valence-electron chi connectivity index (χ0n) is 8.51. The first-order valence-electron chi connectivity index (χ1n) is 5.02. The van der Waals surface area contributed by atoms with Crippen molar-refractivity contribution in [2.24, 2.45) is 0 Å². The fourth-order valence-electron chi connectivity index (χ4n) is 1.48. The first-order valence-corrected chi connectivity index (χ1v) is 5.02. The largest absolute Gasteiger partial charge is 0.508 e. The molecule has 0 aliphatic rings. The highest BCUT2D eigenvalue weighted by atomic mass is 16.3. The van der Waals surface area contributed by atoms with E-state index in [2.05, 4.69) is 19.9 Å². The first-order chi connectivity index (χ1) is 6.24. The van der Waals surface area contributed by atoms with Crippen LogP contribution < -0.4 is 0 Å². The van der Waals surface area contributed by atoms with Crippen LogP contribution in [-0.2, 0) is 6.42 Å². The summed E-state index contributed by atoms with van der Waals surface area (Å²) in [4.78, 5) is 0. The van der Waals surface area contributed by atoms with E-state index in [0.717, 1.165) is 12.0 Å². The molecule has 0 fully saturated rings. The van der Waals surface area contributed by atoms with Crippen molar-refractivity contribution in [3.63, 3.8) is 0 Å². The number of rotatable bonds is 4. The number of hydrogen-bond acceptors (Lipinski definition) is 1. The average Bonchev–Trinajstić information content (AvgIpc) is 2.11. The van der Waals surface area contributed by atoms with Crippen molar-refractivity contribution >= 4 is 0 Å². The number of hydrogen-bond donors (Lipinski definition) is 1. The SMILES string of the molecule is CCCCCc1cc(C)ccc1O. The Kier molecular flexibility index (Phi) is 3.81. The molecule has 1 nitrogen and oxygen atoms in total. The van der Waals surface area contributed by atoms with Crippen molar-refractivity contribution in [1.29, 1.82) is 0 Å². The summed E-state index contributed by atoms with van der Waals surface area (Å²) >= 11 is 0. The Morgan fingerprint density at radius 1 is 1.23 bits per heavy atom. The summed E-state index contributed by atoms with van der Waals surface area (Å²) in [7, 11) is 0. The second-order valence-electron chi connectivity index (χ2n) is 3.59. The third-order valence-corrected chi connectivity index (χ3v) is 2.28. The number of unbranched alkanes of at least 4 members (excludes halogenated alkanes) is 2. The monoisotopic (exact) mass is 178 g/mol. The molecule has 0 spiro atoms. The van der Waals surface area contributed by atoms with Crippen LogP contribution >= 0.6 is 0 Å². The van der Waals surface area contributed by atoms with Crippen molar-refractivity contribution in [3.8, 4) is 5.75 Å².